The zero-order valence-corrected chi connectivity index (χ0v) is 8.43. The number of hydrogen-bond donors (Lipinski definition) is 1. The number of aliphatic carboxylic acids is 1. The molecule has 16 heavy (non-hydrogen) atoms. The van der Waals surface area contributed by atoms with E-state index in [-0.39, 0.29) is 11.5 Å². The van der Waals surface area contributed by atoms with Crippen LogP contribution in [0.5, 0.6) is 11.5 Å². The van der Waals surface area contributed by atoms with Gasteiger partial charge in [0.2, 0.25) is 0 Å². The van der Waals surface area contributed by atoms with Gasteiger partial charge in [0.05, 0.1) is 7.11 Å². The van der Waals surface area contributed by atoms with Crippen LogP contribution < -0.4 is 9.84 Å². The van der Waals surface area contributed by atoms with E-state index < -0.39 is 11.5 Å². The maximum atomic E-state index is 11.2. The van der Waals surface area contributed by atoms with Crippen molar-refractivity contribution < 1.29 is 19.7 Å². The maximum Gasteiger partial charge on any atom is 0.346 e. The Balaban J connectivity index is 3.16. The van der Waals surface area contributed by atoms with Gasteiger partial charge >= 0.3 is 5.97 Å². The summed E-state index contributed by atoms with van der Waals surface area (Å²) in [5.74, 6) is -1.50. The van der Waals surface area contributed by atoms with Gasteiger partial charge in [-0.1, -0.05) is 17.9 Å². The number of nitrogens with zero attached hydrogens (tertiary/aromatic N) is 1. The molecule has 1 aromatic carbocycles. The van der Waals surface area contributed by atoms with Crippen LogP contribution in [0.1, 0.15) is 5.56 Å². The zero-order chi connectivity index (χ0) is 12.1. The number of nitriles is 1. The number of hydrogen-bond acceptors (Lipinski definition) is 4. The molecule has 0 fully saturated rings. The van der Waals surface area contributed by atoms with E-state index in [0.717, 1.165) is 0 Å². The van der Waals surface area contributed by atoms with Crippen LogP contribution in [0.3, 0.4) is 0 Å². The van der Waals surface area contributed by atoms with E-state index in [2.05, 4.69) is 0 Å². The standard InChI is InChI=1S/C11H9NO4/c1-16-10-5-7(2-3-9(10)13)4-8(6-12)11(14)15/h2-5,13H,1H3,(H,14,15)/p-1/b8-4+. The molecular formula is C11H8NO4-. The molecule has 0 aliphatic heterocycles. The molecular weight excluding hydrogens is 210 g/mol. The highest BCUT2D eigenvalue weighted by Crippen LogP contribution is 2.24. The smallest absolute Gasteiger partial charge is 0.346 e. The fourth-order valence-electron chi connectivity index (χ4n) is 1.08. The summed E-state index contributed by atoms with van der Waals surface area (Å²) in [6, 6.07) is 5.60. The molecule has 5 nitrogen and oxygen atoms in total. The fraction of sp³-hybridized carbons (Fsp3) is 0.0909. The molecule has 0 radical (unpaired) electrons. The van der Waals surface area contributed by atoms with Crippen molar-refractivity contribution >= 4 is 12.0 Å². The zero-order valence-electron chi connectivity index (χ0n) is 8.43. The molecule has 5 heteroatoms. The Bertz CT molecular complexity index is 485. The Morgan fingerprint density at radius 3 is 2.81 bits per heavy atom. The molecule has 1 aromatic rings. The van der Waals surface area contributed by atoms with Crippen molar-refractivity contribution in [1.82, 2.24) is 0 Å². The van der Waals surface area contributed by atoms with E-state index in [4.69, 9.17) is 15.1 Å². The number of ether oxygens (including phenoxy) is 1. The van der Waals surface area contributed by atoms with Gasteiger partial charge in [-0.3, -0.25) is 0 Å². The maximum absolute atomic E-state index is 11.2. The predicted octanol–water partition coefficient (Wildman–Crippen LogP) is 0.760. The first-order chi connectivity index (χ1) is 7.58. The van der Waals surface area contributed by atoms with E-state index in [1.807, 2.05) is 0 Å². The third kappa shape index (κ3) is 2.51. The molecule has 0 saturated heterocycles. The molecule has 0 aromatic heterocycles. The van der Waals surface area contributed by atoms with E-state index >= 15 is 0 Å². The largest absolute Gasteiger partial charge is 0.870 e. The number of methoxy groups -OCH3 is 1. The lowest BCUT2D eigenvalue weighted by Gasteiger charge is -2.12. The summed E-state index contributed by atoms with van der Waals surface area (Å²) in [5, 5.41) is 28.3. The van der Waals surface area contributed by atoms with Crippen molar-refractivity contribution in [3.8, 4) is 17.6 Å². The molecule has 0 amide bonds. The van der Waals surface area contributed by atoms with Crippen LogP contribution in [-0.4, -0.2) is 18.2 Å². The summed E-state index contributed by atoms with van der Waals surface area (Å²) >= 11 is 0. The van der Waals surface area contributed by atoms with Gasteiger partial charge in [0.1, 0.15) is 17.4 Å². The van der Waals surface area contributed by atoms with Crippen molar-refractivity contribution in [3.05, 3.63) is 29.3 Å². The fourth-order valence-corrected chi connectivity index (χ4v) is 1.08. The third-order valence-corrected chi connectivity index (χ3v) is 1.85. The number of carbonyl (C=O) groups is 1. The van der Waals surface area contributed by atoms with Crippen LogP contribution >= 0.6 is 0 Å². The number of benzene rings is 1. The topological polar surface area (TPSA) is 93.4 Å². The van der Waals surface area contributed by atoms with Crippen molar-refractivity contribution in [2.75, 3.05) is 7.11 Å². The molecule has 0 spiro atoms. The molecule has 1 N–H and O–H groups in total. The van der Waals surface area contributed by atoms with Crippen LogP contribution in [0.15, 0.2) is 23.8 Å². The van der Waals surface area contributed by atoms with Crippen molar-refractivity contribution in [3.63, 3.8) is 0 Å². The van der Waals surface area contributed by atoms with Crippen LogP contribution in [-0.2, 0) is 4.79 Å². The Hall–Kier alpha value is -2.48. The molecule has 0 saturated carbocycles. The van der Waals surface area contributed by atoms with Crippen LogP contribution in [0.2, 0.25) is 0 Å². The number of rotatable bonds is 3. The van der Waals surface area contributed by atoms with Crippen molar-refractivity contribution in [1.29, 1.82) is 5.26 Å². The number of carboxylic acids is 1. The van der Waals surface area contributed by atoms with Gasteiger partial charge in [0.15, 0.2) is 0 Å². The van der Waals surface area contributed by atoms with Crippen LogP contribution in [0.4, 0.5) is 0 Å². The summed E-state index contributed by atoms with van der Waals surface area (Å²) in [6.45, 7) is 0. The van der Waals surface area contributed by atoms with E-state index in [1.54, 1.807) is 6.07 Å². The summed E-state index contributed by atoms with van der Waals surface area (Å²) < 4.78 is 4.79. The molecule has 0 aliphatic carbocycles. The molecule has 0 unspecified atom stereocenters. The number of carboxylic acid groups (broad SMARTS) is 1. The molecule has 82 valence electrons. The van der Waals surface area contributed by atoms with E-state index in [9.17, 15) is 9.90 Å². The monoisotopic (exact) mass is 218 g/mol. The second kappa shape index (κ2) is 4.84. The summed E-state index contributed by atoms with van der Waals surface area (Å²) in [6.07, 6.45) is 1.17. The SMILES string of the molecule is COc1cc(/C=C(\C#N)C(=O)O)ccc1[O-]. The normalized spacial score (nSPS) is 10.6. The second-order valence-corrected chi connectivity index (χ2v) is 2.89. The Morgan fingerprint density at radius 1 is 1.62 bits per heavy atom. The Labute approximate surface area is 91.8 Å². The Kier molecular flexibility index (Phi) is 3.51. The average Bonchev–Trinajstić information content (AvgIpc) is 2.27. The first kappa shape index (κ1) is 11.6. The lowest BCUT2D eigenvalue weighted by molar-refractivity contribution is -0.270. The highest BCUT2D eigenvalue weighted by Gasteiger charge is 2.05. The molecule has 0 atom stereocenters. The van der Waals surface area contributed by atoms with E-state index in [1.165, 1.54) is 31.4 Å². The van der Waals surface area contributed by atoms with Gasteiger partial charge in [0, 0.05) is 0 Å². The summed E-state index contributed by atoms with van der Waals surface area (Å²) in [5.41, 5.74) is 0.0242. The van der Waals surface area contributed by atoms with Gasteiger partial charge in [-0.15, -0.1) is 0 Å². The minimum atomic E-state index is -1.31. The van der Waals surface area contributed by atoms with Gasteiger partial charge in [-0.25, -0.2) is 4.79 Å². The second-order valence-electron chi connectivity index (χ2n) is 2.89. The molecule has 1 rings (SSSR count). The molecule has 0 aliphatic rings. The van der Waals surface area contributed by atoms with Crippen LogP contribution in [0.25, 0.3) is 6.08 Å². The Morgan fingerprint density at radius 2 is 2.31 bits per heavy atom. The summed E-state index contributed by atoms with van der Waals surface area (Å²) in [4.78, 5) is 10.6. The van der Waals surface area contributed by atoms with Gasteiger partial charge in [0.25, 0.3) is 0 Å². The van der Waals surface area contributed by atoms with Crippen molar-refractivity contribution in [2.24, 2.45) is 0 Å². The minimum absolute atomic E-state index is 0.108. The molecule has 0 heterocycles. The predicted molar refractivity (Wildman–Crippen MR) is 53.7 cm³/mol. The van der Waals surface area contributed by atoms with Crippen LogP contribution in [0, 0.1) is 11.3 Å². The lowest BCUT2D eigenvalue weighted by atomic mass is 10.1. The first-order valence-corrected chi connectivity index (χ1v) is 4.28. The van der Waals surface area contributed by atoms with Gasteiger partial charge in [-0.05, 0) is 17.7 Å². The third-order valence-electron chi connectivity index (χ3n) is 1.85. The lowest BCUT2D eigenvalue weighted by Crippen LogP contribution is -1.98. The minimum Gasteiger partial charge on any atom is -0.870 e. The highest BCUT2D eigenvalue weighted by atomic mass is 16.5. The average molecular weight is 218 g/mol. The van der Waals surface area contributed by atoms with E-state index in [0.29, 0.717) is 5.56 Å². The summed E-state index contributed by atoms with van der Waals surface area (Å²) in [7, 11) is 1.34. The first-order valence-electron chi connectivity index (χ1n) is 4.28. The molecule has 0 bridgehead atoms. The van der Waals surface area contributed by atoms with Gasteiger partial charge in [-0.2, -0.15) is 5.26 Å². The van der Waals surface area contributed by atoms with Gasteiger partial charge < -0.3 is 14.9 Å². The quantitative estimate of drug-likeness (QED) is 0.597. The van der Waals surface area contributed by atoms with Crippen molar-refractivity contribution in [2.45, 2.75) is 0 Å². The highest BCUT2D eigenvalue weighted by molar-refractivity contribution is 5.96.